The molecule has 4 nitrogen and oxygen atoms in total. The first-order chi connectivity index (χ1) is 9.04. The zero-order chi connectivity index (χ0) is 14.0. The van der Waals surface area contributed by atoms with Gasteiger partial charge in [-0.2, -0.15) is 11.8 Å². The normalized spacial score (nSPS) is 12.8. The number of imidazole rings is 1. The van der Waals surface area contributed by atoms with E-state index in [4.69, 9.17) is 0 Å². The second kappa shape index (κ2) is 5.65. The third-order valence-corrected chi connectivity index (χ3v) is 4.04. The summed E-state index contributed by atoms with van der Waals surface area (Å²) in [6, 6.07) is 5.25. The van der Waals surface area contributed by atoms with Crippen LogP contribution in [0.4, 0.5) is 0 Å². The number of carboxylic acids is 1. The van der Waals surface area contributed by atoms with E-state index in [2.05, 4.69) is 18.2 Å². The van der Waals surface area contributed by atoms with Crippen LogP contribution in [-0.4, -0.2) is 32.6 Å². The van der Waals surface area contributed by atoms with Gasteiger partial charge in [0.05, 0.1) is 16.6 Å². The molecule has 1 aromatic heterocycles. The summed E-state index contributed by atoms with van der Waals surface area (Å²) in [7, 11) is 0. The molecular formula is C14H18N2O2S. The average Bonchev–Trinajstić information content (AvgIpc) is 2.66. The zero-order valence-corrected chi connectivity index (χ0v) is 12.2. The summed E-state index contributed by atoms with van der Waals surface area (Å²) in [6.07, 6.45) is 2.08. The molecule has 0 spiro atoms. The number of rotatable bonds is 5. The number of hydrogen-bond acceptors (Lipinski definition) is 3. The van der Waals surface area contributed by atoms with E-state index in [9.17, 15) is 9.90 Å². The van der Waals surface area contributed by atoms with Crippen molar-refractivity contribution in [3.8, 4) is 0 Å². The van der Waals surface area contributed by atoms with Crippen molar-refractivity contribution in [1.29, 1.82) is 0 Å². The maximum atomic E-state index is 11.3. The van der Waals surface area contributed by atoms with Crippen molar-refractivity contribution in [2.45, 2.75) is 20.4 Å². The number of aryl methyl sites for hydroxylation is 1. The monoisotopic (exact) mass is 278 g/mol. The largest absolute Gasteiger partial charge is 0.478 e. The number of para-hydroxylation sites is 1. The van der Waals surface area contributed by atoms with E-state index in [1.54, 1.807) is 23.9 Å². The van der Waals surface area contributed by atoms with Gasteiger partial charge in [0, 0.05) is 6.54 Å². The van der Waals surface area contributed by atoms with Gasteiger partial charge in [-0.05, 0) is 37.0 Å². The van der Waals surface area contributed by atoms with Crippen LogP contribution in [0.15, 0.2) is 18.2 Å². The highest BCUT2D eigenvalue weighted by Crippen LogP contribution is 2.22. The maximum Gasteiger partial charge on any atom is 0.337 e. The van der Waals surface area contributed by atoms with Gasteiger partial charge in [-0.1, -0.05) is 13.0 Å². The van der Waals surface area contributed by atoms with Gasteiger partial charge in [0.15, 0.2) is 0 Å². The summed E-state index contributed by atoms with van der Waals surface area (Å²) in [5.41, 5.74) is 1.82. The Morgan fingerprint density at radius 2 is 2.26 bits per heavy atom. The third-order valence-electron chi connectivity index (χ3n) is 3.13. The number of thioether (sulfide) groups is 1. The molecule has 0 radical (unpaired) electrons. The van der Waals surface area contributed by atoms with E-state index in [0.29, 0.717) is 11.5 Å². The number of carbonyl (C=O) groups is 1. The maximum absolute atomic E-state index is 11.3. The second-order valence-electron chi connectivity index (χ2n) is 4.81. The lowest BCUT2D eigenvalue weighted by Crippen LogP contribution is -2.12. The van der Waals surface area contributed by atoms with Gasteiger partial charge in [0.25, 0.3) is 0 Å². The van der Waals surface area contributed by atoms with Crippen LogP contribution in [0.25, 0.3) is 11.0 Å². The van der Waals surface area contributed by atoms with Gasteiger partial charge in [-0.3, -0.25) is 0 Å². The molecule has 0 bridgehead atoms. The summed E-state index contributed by atoms with van der Waals surface area (Å²) in [5, 5.41) is 9.31. The molecule has 0 aliphatic rings. The molecule has 0 aliphatic heterocycles. The highest BCUT2D eigenvalue weighted by Gasteiger charge is 2.16. The fraction of sp³-hybridized carbons (Fsp3) is 0.429. The van der Waals surface area contributed by atoms with Crippen LogP contribution in [0.3, 0.4) is 0 Å². The number of aromatic carboxylic acids is 1. The molecule has 0 fully saturated rings. The quantitative estimate of drug-likeness (QED) is 0.913. The van der Waals surface area contributed by atoms with Gasteiger partial charge in [0.1, 0.15) is 5.82 Å². The second-order valence-corrected chi connectivity index (χ2v) is 5.72. The number of fused-ring (bicyclic) bond motifs is 1. The predicted molar refractivity (Wildman–Crippen MR) is 79.0 cm³/mol. The Labute approximate surface area is 116 Å². The van der Waals surface area contributed by atoms with Crippen LogP contribution in [0.2, 0.25) is 0 Å². The van der Waals surface area contributed by atoms with Gasteiger partial charge in [0.2, 0.25) is 0 Å². The lowest BCUT2D eigenvalue weighted by atomic mass is 10.1. The standard InChI is InChI=1S/C14H18N2O2S/c1-9(8-19-3)7-16-10(2)15-12-6-4-5-11(13(12)16)14(17)18/h4-6,9H,7-8H2,1-3H3,(H,17,18). The third kappa shape index (κ3) is 2.76. The first-order valence-corrected chi connectivity index (χ1v) is 7.62. The molecule has 1 aromatic carbocycles. The Kier molecular flexibility index (Phi) is 4.14. The van der Waals surface area contributed by atoms with Gasteiger partial charge >= 0.3 is 5.97 Å². The van der Waals surface area contributed by atoms with E-state index < -0.39 is 5.97 Å². The van der Waals surface area contributed by atoms with Crippen molar-refractivity contribution in [1.82, 2.24) is 9.55 Å². The van der Waals surface area contributed by atoms with Gasteiger partial charge in [-0.25, -0.2) is 9.78 Å². The van der Waals surface area contributed by atoms with E-state index >= 15 is 0 Å². The molecule has 2 rings (SSSR count). The minimum absolute atomic E-state index is 0.328. The fourth-order valence-corrected chi connectivity index (χ4v) is 3.02. The Morgan fingerprint density at radius 1 is 1.53 bits per heavy atom. The molecule has 1 atom stereocenters. The van der Waals surface area contributed by atoms with Crippen LogP contribution in [-0.2, 0) is 6.54 Å². The summed E-state index contributed by atoms with van der Waals surface area (Å²) >= 11 is 1.80. The summed E-state index contributed by atoms with van der Waals surface area (Å²) in [4.78, 5) is 15.8. The molecule has 0 saturated carbocycles. The predicted octanol–water partition coefficient (Wildman–Crippen LogP) is 3.04. The molecule has 5 heteroatoms. The number of nitrogens with zero attached hydrogens (tertiary/aromatic N) is 2. The Morgan fingerprint density at radius 3 is 2.89 bits per heavy atom. The topological polar surface area (TPSA) is 55.1 Å². The van der Waals surface area contributed by atoms with Crippen molar-refractivity contribution in [2.75, 3.05) is 12.0 Å². The lowest BCUT2D eigenvalue weighted by Gasteiger charge is -2.14. The molecule has 1 heterocycles. The van der Waals surface area contributed by atoms with Gasteiger partial charge in [-0.15, -0.1) is 0 Å². The first kappa shape index (κ1) is 13.9. The van der Waals surface area contributed by atoms with Crippen LogP contribution >= 0.6 is 11.8 Å². The molecule has 1 unspecified atom stereocenters. The molecule has 0 amide bonds. The summed E-state index contributed by atoms with van der Waals surface area (Å²) in [6.45, 7) is 4.90. The summed E-state index contributed by atoms with van der Waals surface area (Å²) < 4.78 is 2.03. The molecule has 0 aliphatic carbocycles. The molecular weight excluding hydrogens is 260 g/mol. The number of aromatic nitrogens is 2. The van der Waals surface area contributed by atoms with Crippen molar-refractivity contribution >= 4 is 28.8 Å². The van der Waals surface area contributed by atoms with Crippen molar-refractivity contribution in [3.05, 3.63) is 29.6 Å². The zero-order valence-electron chi connectivity index (χ0n) is 11.4. The van der Waals surface area contributed by atoms with Crippen LogP contribution in [0.1, 0.15) is 23.1 Å². The molecule has 102 valence electrons. The van der Waals surface area contributed by atoms with Gasteiger partial charge < -0.3 is 9.67 Å². The highest BCUT2D eigenvalue weighted by molar-refractivity contribution is 7.98. The van der Waals surface area contributed by atoms with Crippen LogP contribution < -0.4 is 0 Å². The number of carboxylic acid groups (broad SMARTS) is 1. The SMILES string of the molecule is CSCC(C)Cn1c(C)nc2cccc(C(=O)O)c21. The molecule has 2 aromatic rings. The van der Waals surface area contributed by atoms with E-state index in [0.717, 1.165) is 29.2 Å². The molecule has 19 heavy (non-hydrogen) atoms. The minimum Gasteiger partial charge on any atom is -0.478 e. The van der Waals surface area contributed by atoms with Crippen LogP contribution in [0.5, 0.6) is 0 Å². The van der Waals surface area contributed by atoms with Crippen molar-refractivity contribution in [2.24, 2.45) is 5.92 Å². The van der Waals surface area contributed by atoms with E-state index in [-0.39, 0.29) is 0 Å². The summed E-state index contributed by atoms with van der Waals surface area (Å²) in [5.74, 6) is 1.50. The average molecular weight is 278 g/mol. The Hall–Kier alpha value is -1.49. The highest BCUT2D eigenvalue weighted by atomic mass is 32.2. The lowest BCUT2D eigenvalue weighted by molar-refractivity contribution is 0.0698. The number of hydrogen-bond donors (Lipinski definition) is 1. The minimum atomic E-state index is -0.899. The fourth-order valence-electron chi connectivity index (χ4n) is 2.35. The van der Waals surface area contributed by atoms with Crippen molar-refractivity contribution in [3.63, 3.8) is 0 Å². The van der Waals surface area contributed by atoms with E-state index in [1.165, 1.54) is 0 Å². The smallest absolute Gasteiger partial charge is 0.337 e. The van der Waals surface area contributed by atoms with Crippen LogP contribution in [0, 0.1) is 12.8 Å². The van der Waals surface area contributed by atoms with E-state index in [1.807, 2.05) is 17.6 Å². The molecule has 0 saturated heterocycles. The Balaban J connectivity index is 2.53. The molecule has 1 N–H and O–H groups in total. The Bertz CT molecular complexity index is 607. The first-order valence-electron chi connectivity index (χ1n) is 6.22. The number of benzene rings is 1. The van der Waals surface area contributed by atoms with Crippen molar-refractivity contribution < 1.29 is 9.90 Å².